The van der Waals surface area contributed by atoms with Crippen LogP contribution in [0.3, 0.4) is 0 Å². The number of alkyl halides is 1. The summed E-state index contributed by atoms with van der Waals surface area (Å²) in [4.78, 5) is 11.7. The summed E-state index contributed by atoms with van der Waals surface area (Å²) in [6, 6.07) is 7.03. The number of hydrogen-bond acceptors (Lipinski definition) is 6. The number of rotatable bonds is 8. The molecule has 4 aromatic heterocycles. The number of pyridine rings is 2. The minimum absolute atomic E-state index is 0.226. The van der Waals surface area contributed by atoms with Crippen molar-refractivity contribution < 1.29 is 4.39 Å². The molecule has 0 spiro atoms. The lowest BCUT2D eigenvalue weighted by Crippen LogP contribution is -2.67. The Morgan fingerprint density at radius 2 is 1.97 bits per heavy atom. The number of anilines is 1. The number of nitrogens with zero attached hydrogens (tertiary/aromatic N) is 7. The van der Waals surface area contributed by atoms with Gasteiger partial charge in [0.25, 0.3) is 0 Å². The monoisotopic (exact) mass is 484 g/mol. The van der Waals surface area contributed by atoms with E-state index >= 15 is 0 Å². The van der Waals surface area contributed by atoms with Crippen molar-refractivity contribution in [3.63, 3.8) is 0 Å². The van der Waals surface area contributed by atoms with Crippen LogP contribution in [0, 0.1) is 11.3 Å². The molecule has 2 aliphatic heterocycles. The lowest BCUT2D eigenvalue weighted by molar-refractivity contribution is -0.209. The van der Waals surface area contributed by atoms with Crippen LogP contribution in [0.1, 0.15) is 43.4 Å². The van der Waals surface area contributed by atoms with Crippen LogP contribution in [0.5, 0.6) is 0 Å². The van der Waals surface area contributed by atoms with Gasteiger partial charge in [-0.1, -0.05) is 11.3 Å². The molecule has 4 aliphatic carbocycles. The Morgan fingerprint density at radius 3 is 2.78 bits per heavy atom. The van der Waals surface area contributed by atoms with Crippen molar-refractivity contribution in [1.29, 1.82) is 0 Å². The summed E-state index contributed by atoms with van der Waals surface area (Å²) in [7, 11) is 0. The molecule has 6 aliphatic rings. The zero-order valence-corrected chi connectivity index (χ0v) is 20.1. The van der Waals surface area contributed by atoms with Crippen molar-refractivity contribution in [3.8, 4) is 11.3 Å². The fraction of sp³-hybridized carbons (Fsp3) is 0.481. The van der Waals surface area contributed by atoms with Gasteiger partial charge in [-0.25, -0.2) is 14.1 Å². The van der Waals surface area contributed by atoms with Gasteiger partial charge in [0.05, 0.1) is 30.3 Å². The fourth-order valence-electron chi connectivity index (χ4n) is 7.04. The highest BCUT2D eigenvalue weighted by molar-refractivity contribution is 5.64. The van der Waals surface area contributed by atoms with E-state index in [-0.39, 0.29) is 5.41 Å². The summed E-state index contributed by atoms with van der Waals surface area (Å²) in [5, 5.41) is 12.3. The van der Waals surface area contributed by atoms with E-state index in [2.05, 4.69) is 54.4 Å². The molecule has 10 rings (SSSR count). The van der Waals surface area contributed by atoms with Gasteiger partial charge in [-0.3, -0.25) is 4.98 Å². The number of nitrogens with one attached hydrogen (secondary N) is 1. The first kappa shape index (κ1) is 20.8. The summed E-state index contributed by atoms with van der Waals surface area (Å²) >= 11 is 0. The number of imidazole rings is 1. The Labute approximate surface area is 208 Å². The van der Waals surface area contributed by atoms with Gasteiger partial charge in [-0.15, -0.1) is 5.10 Å². The molecule has 36 heavy (non-hydrogen) atoms. The molecule has 4 aromatic rings. The molecule has 0 unspecified atom stereocenters. The quantitative estimate of drug-likeness (QED) is 0.412. The Bertz CT molecular complexity index is 1450. The minimum Gasteiger partial charge on any atom is -0.367 e. The second-order valence-electron chi connectivity index (χ2n) is 11.7. The Balaban J connectivity index is 0.936. The number of fused-ring (bicyclic) bond motifs is 2. The smallest absolute Gasteiger partial charge is 0.137 e. The van der Waals surface area contributed by atoms with Crippen LogP contribution >= 0.6 is 0 Å². The standard InChI is InChI=1S/C27H29FN8/c28-27-14-26(15-27,16-27)17-30-6-18-1-2-25-31-21(11-34(25)9-18)12-35-13-24(32-33-35)20-5-23(8-29-7-20)36-10-19-3-22(36)4-19/h1-2,5,7-9,11,13,19,22,30H,3-4,6,10,12,14-17H2. The first-order valence-electron chi connectivity index (χ1n) is 13.0. The SMILES string of the molecule is FC12CC(CNCc3ccc4nc(Cn5cc(-c6cncc(N7CC8CC7C8)c6)nn5)cn4c3)(C1)C2. The third-order valence-electron chi connectivity index (χ3n) is 8.79. The molecule has 184 valence electrons. The minimum atomic E-state index is -0.826. The van der Waals surface area contributed by atoms with Crippen LogP contribution in [0.15, 0.2) is 49.2 Å². The van der Waals surface area contributed by atoms with Crippen molar-refractivity contribution in [3.05, 3.63) is 60.4 Å². The molecule has 1 N–H and O–H groups in total. The lowest BCUT2D eigenvalue weighted by atomic mass is 9.42. The average molecular weight is 485 g/mol. The average Bonchev–Trinajstić information content (AvgIpc) is 3.60. The van der Waals surface area contributed by atoms with Crippen LogP contribution in [-0.2, 0) is 13.1 Å². The second-order valence-corrected chi connectivity index (χ2v) is 11.7. The third kappa shape index (κ3) is 3.36. The third-order valence-corrected chi connectivity index (χ3v) is 8.79. The Morgan fingerprint density at radius 1 is 1.08 bits per heavy atom. The second kappa shape index (κ2) is 7.35. The molecule has 2 saturated heterocycles. The predicted octanol–water partition coefficient (Wildman–Crippen LogP) is 3.62. The number of aromatic nitrogens is 6. The van der Waals surface area contributed by atoms with E-state index in [0.29, 0.717) is 12.6 Å². The molecule has 0 aromatic carbocycles. The normalized spacial score (nSPS) is 29.8. The molecule has 9 heteroatoms. The Kier molecular flexibility index (Phi) is 4.25. The van der Waals surface area contributed by atoms with E-state index in [1.807, 2.05) is 29.3 Å². The molecule has 0 atom stereocenters. The van der Waals surface area contributed by atoms with Gasteiger partial charge in [0, 0.05) is 49.8 Å². The summed E-state index contributed by atoms with van der Waals surface area (Å²) in [5.74, 6) is 0.861. The molecule has 0 radical (unpaired) electrons. The highest BCUT2D eigenvalue weighted by Gasteiger charge is 2.68. The van der Waals surface area contributed by atoms with Crippen LogP contribution < -0.4 is 10.2 Å². The molecule has 6 heterocycles. The summed E-state index contributed by atoms with van der Waals surface area (Å²) < 4.78 is 17.6. The largest absolute Gasteiger partial charge is 0.367 e. The topological polar surface area (TPSA) is 76.2 Å². The van der Waals surface area contributed by atoms with Crippen molar-refractivity contribution in [1.82, 2.24) is 34.7 Å². The van der Waals surface area contributed by atoms with Crippen LogP contribution in [0.2, 0.25) is 0 Å². The van der Waals surface area contributed by atoms with E-state index < -0.39 is 5.67 Å². The molecule has 4 bridgehead atoms. The van der Waals surface area contributed by atoms with Crippen molar-refractivity contribution in [2.24, 2.45) is 11.3 Å². The van der Waals surface area contributed by atoms with Crippen molar-refractivity contribution >= 4 is 11.3 Å². The molecule has 6 fully saturated rings. The van der Waals surface area contributed by atoms with Gasteiger partial charge in [0.1, 0.15) is 17.0 Å². The molecular formula is C27H29FN8. The zero-order valence-electron chi connectivity index (χ0n) is 20.1. The molecule has 4 saturated carbocycles. The highest BCUT2D eigenvalue weighted by atomic mass is 19.1. The maximum atomic E-state index is 13.7. The van der Waals surface area contributed by atoms with Gasteiger partial charge in [0.2, 0.25) is 0 Å². The van der Waals surface area contributed by atoms with Crippen LogP contribution in [-0.4, -0.2) is 54.2 Å². The zero-order chi connectivity index (χ0) is 23.9. The van der Waals surface area contributed by atoms with Crippen molar-refractivity contribution in [2.45, 2.75) is 56.9 Å². The van der Waals surface area contributed by atoms with E-state index in [0.717, 1.165) is 67.4 Å². The molecule has 8 nitrogen and oxygen atoms in total. The van der Waals surface area contributed by atoms with Crippen LogP contribution in [0.4, 0.5) is 10.1 Å². The van der Waals surface area contributed by atoms with E-state index in [9.17, 15) is 4.39 Å². The predicted molar refractivity (Wildman–Crippen MR) is 133 cm³/mol. The summed E-state index contributed by atoms with van der Waals surface area (Å²) in [5.41, 5.74) is 5.45. The van der Waals surface area contributed by atoms with E-state index in [1.165, 1.54) is 24.1 Å². The highest BCUT2D eigenvalue weighted by Crippen LogP contribution is 2.69. The number of hydrogen-bond donors (Lipinski definition) is 1. The molecular weight excluding hydrogens is 455 g/mol. The van der Waals surface area contributed by atoms with E-state index in [4.69, 9.17) is 4.98 Å². The van der Waals surface area contributed by atoms with Crippen molar-refractivity contribution in [2.75, 3.05) is 18.0 Å². The summed E-state index contributed by atoms with van der Waals surface area (Å²) in [6.45, 7) is 3.38. The Hall–Kier alpha value is -3.33. The summed E-state index contributed by atoms with van der Waals surface area (Å²) in [6.07, 6.45) is 14.8. The first-order chi connectivity index (χ1) is 17.5. The van der Waals surface area contributed by atoms with Gasteiger partial charge in [-0.2, -0.15) is 0 Å². The van der Waals surface area contributed by atoms with Gasteiger partial charge in [0.15, 0.2) is 0 Å². The fourth-order valence-corrected chi connectivity index (χ4v) is 7.04. The van der Waals surface area contributed by atoms with Crippen LogP contribution in [0.25, 0.3) is 16.9 Å². The number of halogens is 1. The van der Waals surface area contributed by atoms with Gasteiger partial charge in [-0.05, 0) is 61.1 Å². The maximum absolute atomic E-state index is 13.7. The maximum Gasteiger partial charge on any atom is 0.137 e. The van der Waals surface area contributed by atoms with Gasteiger partial charge >= 0.3 is 0 Å². The van der Waals surface area contributed by atoms with Gasteiger partial charge < -0.3 is 14.6 Å². The first-order valence-corrected chi connectivity index (χ1v) is 13.0. The van der Waals surface area contributed by atoms with E-state index in [1.54, 1.807) is 0 Å². The molecule has 0 amide bonds. The lowest BCUT2D eigenvalue weighted by Gasteiger charge is -2.66.